The van der Waals surface area contributed by atoms with Gasteiger partial charge in [-0.25, -0.2) is 19.2 Å². The maximum Gasteiger partial charge on any atom is 0.317 e. The standard InChI is InChI=1S/C24H18N16O8/c25-21(45)29-13-9(17(41)37-33-13)7(10-14(30-22(26)46)34-38-18(10)42)5-1-2-6(4-3-5)8(11-15(31-23(27)47)35-39-19(11)43)12-16(32-24(28)48)36-40-20(12)44/h1-4,7-8H,(H3,25,29,45)(H3,26,30,46)(H3,27,31,47)(H3,28,32,48). The van der Waals surface area contributed by atoms with Crippen molar-refractivity contribution in [1.29, 1.82) is 0 Å². The van der Waals surface area contributed by atoms with Crippen LogP contribution in [0.15, 0.2) is 111 Å². The van der Waals surface area contributed by atoms with Gasteiger partial charge in [0.1, 0.15) is 0 Å². The fourth-order valence-electron chi connectivity index (χ4n) is 4.93. The summed E-state index contributed by atoms with van der Waals surface area (Å²) in [5.74, 6) is -8.83. The zero-order valence-corrected chi connectivity index (χ0v) is 23.6. The van der Waals surface area contributed by atoms with Crippen LogP contribution in [-0.2, 0) is 19.2 Å². The number of hydrogen-bond donors (Lipinski definition) is 8. The molecule has 12 N–H and O–H groups in total. The van der Waals surface area contributed by atoms with Crippen LogP contribution in [-0.4, -0.2) is 47.8 Å². The molecule has 0 unspecified atom stereocenters. The van der Waals surface area contributed by atoms with E-state index in [0.717, 1.165) is 0 Å². The number of nitrogens with one attached hydrogen (secondary N) is 4. The van der Waals surface area contributed by atoms with E-state index in [1.165, 1.54) is 24.3 Å². The molecular weight excluding hydrogens is 640 g/mol. The fraction of sp³-hybridized carbons (Fsp3) is 0.0833. The van der Waals surface area contributed by atoms with Gasteiger partial charge >= 0.3 is 24.1 Å². The van der Waals surface area contributed by atoms with Crippen molar-refractivity contribution in [3.8, 4) is 0 Å². The lowest BCUT2D eigenvalue weighted by Gasteiger charge is -2.22. The molecule has 0 atom stereocenters. The minimum atomic E-state index is -1.50. The van der Waals surface area contributed by atoms with E-state index in [9.17, 15) is 38.4 Å². The Morgan fingerprint density at radius 3 is 0.812 bits per heavy atom. The lowest BCUT2D eigenvalue weighted by Crippen LogP contribution is -2.32. The van der Waals surface area contributed by atoms with E-state index in [-0.39, 0.29) is 11.1 Å². The van der Waals surface area contributed by atoms with E-state index in [0.29, 0.717) is 0 Å². The quantitative estimate of drug-likeness (QED) is 0.159. The first kappa shape index (κ1) is 31.8. The Kier molecular flexibility index (Phi) is 8.19. The van der Waals surface area contributed by atoms with Crippen LogP contribution < -0.4 is 44.2 Å². The minimum absolute atomic E-state index is 0.0736. The van der Waals surface area contributed by atoms with Crippen molar-refractivity contribution in [3.63, 3.8) is 0 Å². The summed E-state index contributed by atoms with van der Waals surface area (Å²) >= 11 is 0. The molecule has 0 saturated heterocycles. The zero-order chi connectivity index (χ0) is 34.9. The maximum atomic E-state index is 13.0. The largest absolute Gasteiger partial charge is 0.351 e. The molecule has 1 aromatic carbocycles. The monoisotopic (exact) mass is 658 g/mol. The van der Waals surface area contributed by atoms with Gasteiger partial charge in [-0.1, -0.05) is 24.3 Å². The Hall–Kier alpha value is -7.66. The van der Waals surface area contributed by atoms with Gasteiger partial charge < -0.3 is 22.9 Å². The fourth-order valence-corrected chi connectivity index (χ4v) is 4.93. The van der Waals surface area contributed by atoms with Crippen molar-refractivity contribution >= 4 is 47.8 Å². The summed E-state index contributed by atoms with van der Waals surface area (Å²) in [5, 5.41) is 36.7. The Balaban J connectivity index is 1.72. The number of carbonyl (C=O) groups is 8. The van der Waals surface area contributed by atoms with Crippen molar-refractivity contribution in [3.05, 3.63) is 81.0 Å². The van der Waals surface area contributed by atoms with Crippen molar-refractivity contribution in [2.75, 3.05) is 0 Å². The van der Waals surface area contributed by atoms with Crippen molar-refractivity contribution in [2.45, 2.75) is 11.8 Å². The van der Waals surface area contributed by atoms with Crippen molar-refractivity contribution in [2.24, 2.45) is 63.8 Å². The van der Waals surface area contributed by atoms with Gasteiger partial charge in [-0.05, 0) is 11.1 Å². The highest BCUT2D eigenvalue weighted by Crippen LogP contribution is 2.43. The highest BCUT2D eigenvalue weighted by molar-refractivity contribution is 6.07. The third kappa shape index (κ3) is 6.01. The predicted octanol–water partition coefficient (Wildman–Crippen LogP) is -0.657. The molecule has 5 rings (SSSR count). The average molecular weight is 659 g/mol. The van der Waals surface area contributed by atoms with Gasteiger partial charge in [-0.15, -0.1) is 40.9 Å². The Morgan fingerprint density at radius 2 is 0.625 bits per heavy atom. The third-order valence-electron chi connectivity index (χ3n) is 6.63. The molecule has 0 aliphatic carbocycles. The number of hydrogen-bond acceptors (Lipinski definition) is 12. The number of nitrogens with two attached hydrogens (primary N) is 4. The van der Waals surface area contributed by atoms with E-state index < -0.39 is 105 Å². The van der Waals surface area contributed by atoms with Crippen LogP contribution in [0.4, 0.5) is 19.2 Å². The van der Waals surface area contributed by atoms with Gasteiger partial charge in [-0.2, -0.15) is 0 Å². The summed E-state index contributed by atoms with van der Waals surface area (Å²) in [6.45, 7) is 0. The summed E-state index contributed by atoms with van der Waals surface area (Å²) in [4.78, 5) is 98.7. The highest BCUT2D eigenvalue weighted by Gasteiger charge is 2.42. The second-order valence-electron chi connectivity index (χ2n) is 9.56. The van der Waals surface area contributed by atoms with Crippen LogP contribution in [0.2, 0.25) is 0 Å². The smallest absolute Gasteiger partial charge is 0.317 e. The van der Waals surface area contributed by atoms with Gasteiger partial charge in [-0.3, -0.25) is 40.4 Å². The van der Waals surface area contributed by atoms with Crippen molar-refractivity contribution < 1.29 is 38.4 Å². The van der Waals surface area contributed by atoms with Gasteiger partial charge in [0, 0.05) is 0 Å². The molecule has 0 saturated carbocycles. The molecule has 24 nitrogen and oxygen atoms in total. The molecule has 12 amide bonds. The van der Waals surface area contributed by atoms with E-state index >= 15 is 0 Å². The van der Waals surface area contributed by atoms with Gasteiger partial charge in [0.05, 0.1) is 34.1 Å². The van der Waals surface area contributed by atoms with Crippen LogP contribution >= 0.6 is 0 Å². The number of rotatable bonds is 10. The molecule has 0 fully saturated rings. The molecule has 24 heteroatoms. The molecule has 0 bridgehead atoms. The molecule has 1 aromatic rings. The highest BCUT2D eigenvalue weighted by atomic mass is 16.2. The lowest BCUT2D eigenvalue weighted by atomic mass is 9.80. The lowest BCUT2D eigenvalue weighted by molar-refractivity contribution is -0.116. The van der Waals surface area contributed by atoms with Gasteiger partial charge in [0.15, 0.2) is 23.3 Å². The Bertz CT molecular complexity index is 1750. The normalized spacial score (nSPS) is 16.9. The molecule has 4 heterocycles. The summed E-state index contributed by atoms with van der Waals surface area (Å²) in [5.41, 5.74) is 19.5. The van der Waals surface area contributed by atoms with Gasteiger partial charge in [0.2, 0.25) is 0 Å². The molecule has 4 aliphatic rings. The molecular formula is C24H18N16O8. The first-order valence-corrected chi connectivity index (χ1v) is 12.9. The molecule has 242 valence electrons. The first-order chi connectivity index (χ1) is 22.8. The van der Waals surface area contributed by atoms with Gasteiger partial charge in [0.25, 0.3) is 23.6 Å². The summed E-state index contributed by atoms with van der Waals surface area (Å²) < 4.78 is 0. The summed E-state index contributed by atoms with van der Waals surface area (Å²) in [6.07, 6.45) is 0. The summed E-state index contributed by atoms with van der Waals surface area (Å²) in [6, 6.07) is 0.666. The number of amides is 12. The van der Waals surface area contributed by atoms with Crippen LogP contribution in [0, 0.1) is 0 Å². The van der Waals surface area contributed by atoms with Crippen molar-refractivity contribution in [1.82, 2.24) is 21.3 Å². The average Bonchev–Trinajstić information content (AvgIpc) is 3.74. The third-order valence-corrected chi connectivity index (χ3v) is 6.63. The van der Waals surface area contributed by atoms with E-state index in [2.05, 4.69) is 62.2 Å². The number of benzene rings is 1. The Morgan fingerprint density at radius 1 is 0.417 bits per heavy atom. The zero-order valence-electron chi connectivity index (χ0n) is 23.6. The summed E-state index contributed by atoms with van der Waals surface area (Å²) in [7, 11) is 0. The molecule has 4 aliphatic heterocycles. The first-order valence-electron chi connectivity index (χ1n) is 12.9. The second kappa shape index (κ2) is 12.4. The van der Waals surface area contributed by atoms with Crippen LogP contribution in [0.1, 0.15) is 23.0 Å². The second-order valence-corrected chi connectivity index (χ2v) is 9.56. The molecule has 0 aromatic heterocycles. The molecule has 48 heavy (non-hydrogen) atoms. The molecule has 0 spiro atoms. The number of urea groups is 4. The number of carbonyl (C=O) groups excluding carboxylic acids is 8. The van der Waals surface area contributed by atoms with E-state index in [4.69, 9.17) is 22.9 Å². The Labute approximate surface area is 264 Å². The van der Waals surface area contributed by atoms with Crippen LogP contribution in [0.3, 0.4) is 0 Å². The number of nitrogens with zero attached hydrogens (tertiary/aromatic N) is 8. The number of azo groups is 4. The van der Waals surface area contributed by atoms with Crippen LogP contribution in [0.5, 0.6) is 0 Å². The van der Waals surface area contributed by atoms with E-state index in [1.807, 2.05) is 0 Å². The minimum Gasteiger partial charge on any atom is -0.351 e. The molecule has 0 radical (unpaired) electrons. The SMILES string of the molecule is NC(=O)NC1=C(C(C2=C(NC(N)=O)N=NC2=O)c2ccc(C(C3=C(NC(N)=O)N=NC3=O)C3=C(NC(N)=O)N=NC3=O)cc2)C(=O)N=N1. The predicted molar refractivity (Wildman–Crippen MR) is 150 cm³/mol. The topological polar surface area (TPSA) is 388 Å². The van der Waals surface area contributed by atoms with E-state index in [1.54, 1.807) is 0 Å². The number of primary amides is 4. The van der Waals surface area contributed by atoms with Crippen LogP contribution in [0.25, 0.3) is 0 Å². The maximum absolute atomic E-state index is 13.0.